The molecule has 1 fully saturated rings. The van der Waals surface area contributed by atoms with Gasteiger partial charge >= 0.3 is 12.1 Å². The maximum atomic E-state index is 11.2. The van der Waals surface area contributed by atoms with Gasteiger partial charge in [-0.15, -0.1) is 0 Å². The molecule has 11 heteroatoms. The lowest BCUT2D eigenvalue weighted by molar-refractivity contribution is -0.140. The fourth-order valence-electron chi connectivity index (χ4n) is 3.32. The van der Waals surface area contributed by atoms with E-state index in [9.17, 15) is 23.1 Å². The summed E-state index contributed by atoms with van der Waals surface area (Å²) in [4.78, 5) is 29.7. The molecule has 4 heterocycles. The number of halogens is 3. The lowest BCUT2D eigenvalue weighted by Crippen LogP contribution is -2.25. The molecule has 1 aliphatic heterocycles. The van der Waals surface area contributed by atoms with E-state index < -0.39 is 18.7 Å². The largest absolute Gasteiger partial charge is 0.481 e. The Morgan fingerprint density at radius 3 is 2.76 bits per heavy atom. The van der Waals surface area contributed by atoms with E-state index in [4.69, 9.17) is 0 Å². The number of aryl methyl sites for hydroxylation is 1. The van der Waals surface area contributed by atoms with Gasteiger partial charge in [-0.1, -0.05) is 0 Å². The van der Waals surface area contributed by atoms with Crippen molar-refractivity contribution in [2.75, 3.05) is 31.6 Å². The van der Waals surface area contributed by atoms with E-state index in [2.05, 4.69) is 24.8 Å². The van der Waals surface area contributed by atoms with E-state index in [0.29, 0.717) is 25.2 Å². The van der Waals surface area contributed by atoms with Gasteiger partial charge in [0.05, 0.1) is 29.6 Å². The second-order valence-electron chi connectivity index (χ2n) is 6.79. The molecule has 3 aromatic heterocycles. The molecule has 0 amide bonds. The van der Waals surface area contributed by atoms with Crippen molar-refractivity contribution < 1.29 is 23.1 Å². The molecule has 0 aliphatic carbocycles. The van der Waals surface area contributed by atoms with Gasteiger partial charge in [0, 0.05) is 24.7 Å². The molecule has 1 atom stereocenters. The summed E-state index contributed by atoms with van der Waals surface area (Å²) in [5.41, 5.74) is 1.57. The molecular formula is C18H21F3N6O2. The number of H-pyrrole nitrogens is 1. The first kappa shape index (κ1) is 20.8. The number of aromatic amines is 1. The maximum absolute atomic E-state index is 11.2. The summed E-state index contributed by atoms with van der Waals surface area (Å²) in [5, 5.41) is 13.1. The average molecular weight is 410 g/mol. The van der Waals surface area contributed by atoms with Crippen molar-refractivity contribution in [1.82, 2.24) is 25.3 Å². The zero-order valence-electron chi connectivity index (χ0n) is 15.9. The summed E-state index contributed by atoms with van der Waals surface area (Å²) in [6.45, 7) is 2.16. The number of hydrogen-bond acceptors (Lipinski definition) is 6. The molecule has 3 N–H and O–H groups in total. The van der Waals surface area contributed by atoms with E-state index in [1.165, 1.54) is 7.05 Å². The Kier molecular flexibility index (Phi) is 5.87. The summed E-state index contributed by atoms with van der Waals surface area (Å²) in [7, 11) is 1.26. The first-order valence-electron chi connectivity index (χ1n) is 8.98. The predicted molar refractivity (Wildman–Crippen MR) is 102 cm³/mol. The number of hydrogen-bond donors (Lipinski definition) is 3. The van der Waals surface area contributed by atoms with Crippen LogP contribution in [0.3, 0.4) is 0 Å². The molecular weight excluding hydrogens is 389 g/mol. The van der Waals surface area contributed by atoms with Crippen molar-refractivity contribution in [3.63, 3.8) is 0 Å². The van der Waals surface area contributed by atoms with Crippen molar-refractivity contribution in [3.05, 3.63) is 24.3 Å². The Morgan fingerprint density at radius 2 is 2.17 bits per heavy atom. The molecule has 0 bridgehead atoms. The van der Waals surface area contributed by atoms with Crippen LogP contribution >= 0.6 is 0 Å². The van der Waals surface area contributed by atoms with E-state index in [-0.39, 0.29) is 5.92 Å². The van der Waals surface area contributed by atoms with Crippen LogP contribution in [0.2, 0.25) is 0 Å². The fraction of sp³-hybridized carbons (Fsp3) is 0.444. The number of nitrogens with zero attached hydrogens (tertiary/aromatic N) is 4. The summed E-state index contributed by atoms with van der Waals surface area (Å²) in [6, 6.07) is 1.92. The second kappa shape index (κ2) is 8.19. The van der Waals surface area contributed by atoms with Gasteiger partial charge in [-0.05, 0) is 26.5 Å². The third kappa shape index (κ3) is 4.73. The number of rotatable bonds is 3. The Balaban J connectivity index is 0.000000298. The quantitative estimate of drug-likeness (QED) is 0.609. The Morgan fingerprint density at radius 1 is 1.41 bits per heavy atom. The van der Waals surface area contributed by atoms with Crippen molar-refractivity contribution >= 4 is 33.7 Å². The smallest absolute Gasteiger partial charge is 0.401 e. The van der Waals surface area contributed by atoms with Gasteiger partial charge in [-0.25, -0.2) is 15.0 Å². The van der Waals surface area contributed by atoms with Crippen LogP contribution in [0.25, 0.3) is 21.9 Å². The second-order valence-corrected chi connectivity index (χ2v) is 6.79. The number of nitrogens with one attached hydrogen (secondary N) is 2. The van der Waals surface area contributed by atoms with Gasteiger partial charge in [-0.2, -0.15) is 13.2 Å². The maximum Gasteiger partial charge on any atom is 0.401 e. The molecule has 156 valence electrons. The number of fused-ring (bicyclic) bond motifs is 3. The van der Waals surface area contributed by atoms with Gasteiger partial charge in [0.25, 0.3) is 0 Å². The Hall–Kier alpha value is -2.95. The number of carboxylic acid groups (broad SMARTS) is 1. The van der Waals surface area contributed by atoms with Crippen LogP contribution in [0.1, 0.15) is 12.2 Å². The number of aliphatic carboxylic acids is 1. The first-order chi connectivity index (χ1) is 13.7. The highest BCUT2D eigenvalue weighted by Crippen LogP contribution is 2.32. The molecule has 0 saturated carbocycles. The van der Waals surface area contributed by atoms with Crippen LogP contribution in [-0.2, 0) is 4.79 Å². The zero-order valence-corrected chi connectivity index (χ0v) is 15.9. The highest BCUT2D eigenvalue weighted by molar-refractivity contribution is 6.09. The van der Waals surface area contributed by atoms with E-state index in [1.54, 1.807) is 12.4 Å². The number of anilines is 1. The van der Waals surface area contributed by atoms with Gasteiger partial charge in [0.1, 0.15) is 11.6 Å². The van der Waals surface area contributed by atoms with Gasteiger partial charge < -0.3 is 20.3 Å². The normalized spacial score (nSPS) is 16.9. The van der Waals surface area contributed by atoms with E-state index in [0.717, 1.165) is 27.9 Å². The number of carboxylic acids is 1. The summed E-state index contributed by atoms with van der Waals surface area (Å²) >= 11 is 0. The first-order valence-corrected chi connectivity index (χ1v) is 8.98. The molecule has 0 aromatic carbocycles. The molecule has 4 rings (SSSR count). The number of pyridine rings is 1. The lowest BCUT2D eigenvalue weighted by atomic mass is 10.1. The Bertz CT molecular complexity index is 1020. The SMILES string of the molecule is CNCC(F)(F)F.Cc1nc(N2CCC(C(=O)O)C2)c2c(cnc3nccc32)[nH]1. The van der Waals surface area contributed by atoms with E-state index >= 15 is 0 Å². The number of aromatic nitrogens is 4. The van der Waals surface area contributed by atoms with Gasteiger partial charge in [-0.3, -0.25) is 4.79 Å². The van der Waals surface area contributed by atoms with Crippen LogP contribution < -0.4 is 10.2 Å². The number of alkyl halides is 3. The van der Waals surface area contributed by atoms with Crippen molar-refractivity contribution in [3.8, 4) is 0 Å². The summed E-state index contributed by atoms with van der Waals surface area (Å²) in [5.74, 6) is 0.515. The Labute approximate surface area is 164 Å². The van der Waals surface area contributed by atoms with Crippen LogP contribution in [0.5, 0.6) is 0 Å². The molecule has 1 saturated heterocycles. The molecule has 0 radical (unpaired) electrons. The van der Waals surface area contributed by atoms with Gasteiger partial charge in [0.2, 0.25) is 0 Å². The summed E-state index contributed by atoms with van der Waals surface area (Å²) in [6.07, 6.45) is 0.0662. The molecule has 0 spiro atoms. The summed E-state index contributed by atoms with van der Waals surface area (Å²) < 4.78 is 33.0. The third-order valence-electron chi connectivity index (χ3n) is 4.56. The molecule has 1 unspecified atom stereocenters. The topological polar surface area (TPSA) is 107 Å². The lowest BCUT2D eigenvalue weighted by Gasteiger charge is -2.20. The van der Waals surface area contributed by atoms with Crippen LogP contribution in [0.15, 0.2) is 18.5 Å². The van der Waals surface area contributed by atoms with Crippen LogP contribution in [0.4, 0.5) is 19.0 Å². The van der Waals surface area contributed by atoms with Crippen LogP contribution in [-0.4, -0.2) is 63.9 Å². The fourth-order valence-corrected chi connectivity index (χ4v) is 3.32. The monoisotopic (exact) mass is 410 g/mol. The zero-order chi connectivity index (χ0) is 21.2. The third-order valence-corrected chi connectivity index (χ3v) is 4.56. The highest BCUT2D eigenvalue weighted by atomic mass is 19.4. The minimum absolute atomic E-state index is 0.337. The predicted octanol–water partition coefficient (Wildman–Crippen LogP) is 2.49. The van der Waals surface area contributed by atoms with E-state index in [1.807, 2.05) is 18.3 Å². The highest BCUT2D eigenvalue weighted by Gasteiger charge is 2.30. The average Bonchev–Trinajstić information content (AvgIpc) is 3.29. The minimum Gasteiger partial charge on any atom is -0.481 e. The number of carbonyl (C=O) groups is 1. The molecule has 3 aromatic rings. The van der Waals surface area contributed by atoms with Gasteiger partial charge in [0.15, 0.2) is 5.65 Å². The van der Waals surface area contributed by atoms with Crippen molar-refractivity contribution in [2.24, 2.45) is 5.92 Å². The molecule has 1 aliphatic rings. The van der Waals surface area contributed by atoms with Crippen LogP contribution in [0, 0.1) is 12.8 Å². The van der Waals surface area contributed by atoms with Crippen molar-refractivity contribution in [1.29, 1.82) is 0 Å². The molecule has 29 heavy (non-hydrogen) atoms. The standard InChI is InChI=1S/C15H15N5O2.C3H6F3N/c1-8-18-11-6-17-13-10(2-4-16-13)12(11)14(19-8)20-5-3-9(7-20)15(21)22;1-7-2-3(4,5)6/h2,4,6,9H,3,5,7H2,1H3,(H,18,19)(H,21,22);7H,2H2,1H3. The minimum atomic E-state index is -4.06. The van der Waals surface area contributed by atoms with Crippen molar-refractivity contribution in [2.45, 2.75) is 19.5 Å². The molecule has 8 nitrogen and oxygen atoms in total.